The van der Waals surface area contributed by atoms with Gasteiger partial charge in [-0.1, -0.05) is 0 Å². The van der Waals surface area contributed by atoms with Crippen LogP contribution < -0.4 is 5.73 Å². The minimum absolute atomic E-state index is 0.0165. The van der Waals surface area contributed by atoms with Gasteiger partial charge in [0.1, 0.15) is 11.4 Å². The summed E-state index contributed by atoms with van der Waals surface area (Å²) in [5.74, 6) is -1.50. The van der Waals surface area contributed by atoms with Crippen LogP contribution in [-0.2, 0) is 0 Å². The number of hydrogen-bond acceptors (Lipinski definition) is 3. The lowest BCUT2D eigenvalue weighted by molar-refractivity contribution is 0.0997. The Bertz CT molecular complexity index is 380. The van der Waals surface area contributed by atoms with Gasteiger partial charge in [0.05, 0.1) is 5.56 Å². The van der Waals surface area contributed by atoms with E-state index in [2.05, 4.69) is 4.98 Å². The van der Waals surface area contributed by atoms with Crippen molar-refractivity contribution in [1.29, 1.82) is 0 Å². The Morgan fingerprint density at radius 2 is 2.21 bits per heavy atom. The van der Waals surface area contributed by atoms with E-state index in [9.17, 15) is 18.7 Å². The second-order valence-corrected chi connectivity index (χ2v) is 2.70. The van der Waals surface area contributed by atoms with E-state index in [-0.39, 0.29) is 11.1 Å². The maximum absolute atomic E-state index is 12.2. The molecule has 1 aromatic rings. The quantitative estimate of drug-likeness (QED) is 0.754. The van der Waals surface area contributed by atoms with Crippen LogP contribution in [0.3, 0.4) is 0 Å². The highest BCUT2D eigenvalue weighted by atomic mass is 19.3. The third-order valence-electron chi connectivity index (χ3n) is 1.81. The third-order valence-corrected chi connectivity index (χ3v) is 1.81. The monoisotopic (exact) mass is 202 g/mol. The van der Waals surface area contributed by atoms with Crippen LogP contribution >= 0.6 is 0 Å². The minimum atomic E-state index is -2.88. The zero-order chi connectivity index (χ0) is 10.9. The topological polar surface area (TPSA) is 76.2 Å². The molecular weight excluding hydrogens is 194 g/mol. The van der Waals surface area contributed by atoms with E-state index in [1.807, 2.05) is 0 Å². The molecule has 0 unspecified atom stereocenters. The molecule has 0 aliphatic rings. The molecule has 14 heavy (non-hydrogen) atoms. The molecule has 0 fully saturated rings. The number of alkyl halides is 2. The van der Waals surface area contributed by atoms with Gasteiger partial charge in [-0.3, -0.25) is 9.78 Å². The van der Waals surface area contributed by atoms with Crippen molar-refractivity contribution in [3.05, 3.63) is 23.0 Å². The molecule has 0 saturated carbocycles. The lowest BCUT2D eigenvalue weighted by atomic mass is 10.1. The molecule has 0 aliphatic carbocycles. The highest BCUT2D eigenvalue weighted by Crippen LogP contribution is 2.30. The molecule has 0 atom stereocenters. The first-order valence-electron chi connectivity index (χ1n) is 3.71. The molecule has 6 heteroatoms. The first-order chi connectivity index (χ1) is 6.45. The Morgan fingerprint density at radius 1 is 1.64 bits per heavy atom. The smallest absolute Gasteiger partial charge is 0.284 e. The molecule has 0 radical (unpaired) electrons. The fourth-order valence-corrected chi connectivity index (χ4v) is 1.02. The third kappa shape index (κ3) is 1.63. The molecule has 0 spiro atoms. The van der Waals surface area contributed by atoms with E-state index in [1.54, 1.807) is 0 Å². The van der Waals surface area contributed by atoms with Crippen molar-refractivity contribution in [1.82, 2.24) is 4.98 Å². The molecule has 1 aromatic heterocycles. The highest BCUT2D eigenvalue weighted by Gasteiger charge is 2.19. The van der Waals surface area contributed by atoms with Gasteiger partial charge < -0.3 is 10.8 Å². The molecule has 1 amide bonds. The molecular formula is C8H8F2N2O2. The van der Waals surface area contributed by atoms with Crippen LogP contribution in [0.1, 0.15) is 28.0 Å². The summed E-state index contributed by atoms with van der Waals surface area (Å²) in [6.07, 6.45) is -1.95. The van der Waals surface area contributed by atoms with E-state index in [0.717, 1.165) is 6.20 Å². The number of nitrogens with zero attached hydrogens (tertiary/aromatic N) is 1. The fourth-order valence-electron chi connectivity index (χ4n) is 1.02. The van der Waals surface area contributed by atoms with Gasteiger partial charge in [0, 0.05) is 11.8 Å². The second-order valence-electron chi connectivity index (χ2n) is 2.70. The Kier molecular flexibility index (Phi) is 2.64. The van der Waals surface area contributed by atoms with Crippen molar-refractivity contribution in [2.45, 2.75) is 13.3 Å². The Balaban J connectivity index is 3.33. The molecule has 1 heterocycles. The molecule has 3 N–H and O–H groups in total. The van der Waals surface area contributed by atoms with Crippen molar-refractivity contribution >= 4 is 5.91 Å². The maximum atomic E-state index is 12.2. The molecule has 1 rings (SSSR count). The predicted octanol–water partition coefficient (Wildman–Crippen LogP) is 1.13. The van der Waals surface area contributed by atoms with Gasteiger partial charge in [-0.25, -0.2) is 8.78 Å². The number of amides is 1. The largest absolute Gasteiger partial charge is 0.506 e. The predicted molar refractivity (Wildman–Crippen MR) is 44.1 cm³/mol. The van der Waals surface area contributed by atoms with Crippen LogP contribution in [0.4, 0.5) is 8.78 Å². The number of pyridine rings is 1. The number of carbonyl (C=O) groups excluding carboxylic acids is 1. The van der Waals surface area contributed by atoms with Crippen LogP contribution in [0.5, 0.6) is 5.75 Å². The van der Waals surface area contributed by atoms with Gasteiger partial charge in [-0.2, -0.15) is 0 Å². The number of nitrogens with two attached hydrogens (primary N) is 1. The molecule has 0 aromatic carbocycles. The summed E-state index contributed by atoms with van der Waals surface area (Å²) in [4.78, 5) is 14.0. The summed E-state index contributed by atoms with van der Waals surface area (Å²) in [5.41, 5.74) is 4.14. The first-order valence-corrected chi connectivity index (χ1v) is 3.71. The van der Waals surface area contributed by atoms with Crippen LogP contribution in [0.2, 0.25) is 0 Å². The Labute approximate surface area is 78.4 Å². The first kappa shape index (κ1) is 10.4. The summed E-state index contributed by atoms with van der Waals surface area (Å²) in [6.45, 7) is 1.32. The standard InChI is InChI=1S/C8H8F2N2O2/c1-3-4(8(11)14)2-12-5(6(3)13)7(9)10/h2,7,13H,1H3,(H2,11,14). The number of carbonyl (C=O) groups is 1. The molecule has 0 saturated heterocycles. The number of hydrogen-bond donors (Lipinski definition) is 2. The van der Waals surface area contributed by atoms with Gasteiger partial charge in [0.15, 0.2) is 0 Å². The molecule has 4 nitrogen and oxygen atoms in total. The van der Waals surface area contributed by atoms with Gasteiger partial charge in [-0.05, 0) is 6.92 Å². The zero-order valence-electron chi connectivity index (χ0n) is 7.29. The number of aromatic nitrogens is 1. The summed E-state index contributed by atoms with van der Waals surface area (Å²) < 4.78 is 24.4. The van der Waals surface area contributed by atoms with Crippen molar-refractivity contribution in [2.75, 3.05) is 0 Å². The van der Waals surface area contributed by atoms with E-state index in [0.29, 0.717) is 0 Å². The normalized spacial score (nSPS) is 10.6. The summed E-state index contributed by atoms with van der Waals surface area (Å²) in [6, 6.07) is 0. The fraction of sp³-hybridized carbons (Fsp3) is 0.250. The average molecular weight is 202 g/mol. The number of halogens is 2. The van der Waals surface area contributed by atoms with Gasteiger partial charge in [-0.15, -0.1) is 0 Å². The number of rotatable bonds is 2. The van der Waals surface area contributed by atoms with Crippen molar-refractivity contribution in [2.24, 2.45) is 5.73 Å². The van der Waals surface area contributed by atoms with Crippen molar-refractivity contribution < 1.29 is 18.7 Å². The minimum Gasteiger partial charge on any atom is -0.506 e. The summed E-state index contributed by atoms with van der Waals surface area (Å²) >= 11 is 0. The Morgan fingerprint density at radius 3 is 2.64 bits per heavy atom. The van der Waals surface area contributed by atoms with Crippen molar-refractivity contribution in [3.8, 4) is 5.75 Å². The lowest BCUT2D eigenvalue weighted by Crippen LogP contribution is -2.14. The van der Waals surface area contributed by atoms with E-state index >= 15 is 0 Å². The number of aromatic hydroxyl groups is 1. The lowest BCUT2D eigenvalue weighted by Gasteiger charge is -2.07. The Hall–Kier alpha value is -1.72. The maximum Gasteiger partial charge on any atom is 0.284 e. The van der Waals surface area contributed by atoms with Gasteiger partial charge >= 0.3 is 0 Å². The number of primary amides is 1. The summed E-state index contributed by atoms with van der Waals surface area (Å²) in [7, 11) is 0. The van der Waals surface area contributed by atoms with Crippen LogP contribution in [0.25, 0.3) is 0 Å². The molecule has 0 bridgehead atoms. The van der Waals surface area contributed by atoms with E-state index in [4.69, 9.17) is 5.73 Å². The summed E-state index contributed by atoms with van der Waals surface area (Å²) in [5, 5.41) is 9.25. The molecule has 76 valence electrons. The van der Waals surface area contributed by atoms with Crippen molar-refractivity contribution in [3.63, 3.8) is 0 Å². The van der Waals surface area contributed by atoms with Crippen LogP contribution in [0, 0.1) is 6.92 Å². The van der Waals surface area contributed by atoms with Crippen LogP contribution in [-0.4, -0.2) is 16.0 Å². The van der Waals surface area contributed by atoms with Crippen LogP contribution in [0.15, 0.2) is 6.20 Å². The van der Waals surface area contributed by atoms with Gasteiger partial charge in [0.25, 0.3) is 12.3 Å². The average Bonchev–Trinajstić information content (AvgIpc) is 2.08. The van der Waals surface area contributed by atoms with E-state index in [1.165, 1.54) is 6.92 Å². The zero-order valence-corrected chi connectivity index (χ0v) is 7.29. The second kappa shape index (κ2) is 3.57. The molecule has 0 aliphatic heterocycles. The van der Waals surface area contributed by atoms with Gasteiger partial charge in [0.2, 0.25) is 0 Å². The SMILES string of the molecule is Cc1c(C(N)=O)cnc(C(F)F)c1O. The highest BCUT2D eigenvalue weighted by molar-refractivity contribution is 5.94. The van der Waals surface area contributed by atoms with E-state index < -0.39 is 23.8 Å².